The summed E-state index contributed by atoms with van der Waals surface area (Å²) in [6.45, 7) is 12.0. The molecule has 1 heterocycles. The van der Waals surface area contributed by atoms with Gasteiger partial charge in [-0.1, -0.05) is 39.0 Å². The van der Waals surface area contributed by atoms with Crippen LogP contribution < -0.4 is 5.32 Å². The lowest BCUT2D eigenvalue weighted by Crippen LogP contribution is -2.46. The van der Waals surface area contributed by atoms with Crippen LogP contribution in [0, 0.1) is 11.2 Å². The molecule has 2 nitrogen and oxygen atoms in total. The maximum absolute atomic E-state index is 14.0. The zero-order valence-corrected chi connectivity index (χ0v) is 13.1. The molecule has 112 valence electrons. The van der Waals surface area contributed by atoms with Gasteiger partial charge in [-0.25, -0.2) is 4.39 Å². The highest BCUT2D eigenvalue weighted by Gasteiger charge is 2.30. The molecule has 1 aliphatic heterocycles. The smallest absolute Gasteiger partial charge is 0.127 e. The fourth-order valence-electron chi connectivity index (χ4n) is 2.89. The zero-order valence-electron chi connectivity index (χ0n) is 13.1. The first kappa shape index (κ1) is 15.5. The summed E-state index contributed by atoms with van der Waals surface area (Å²) in [5.74, 6) is -0.0930. The van der Waals surface area contributed by atoms with E-state index >= 15 is 0 Å². The van der Waals surface area contributed by atoms with Crippen LogP contribution in [0.4, 0.5) is 4.39 Å². The van der Waals surface area contributed by atoms with E-state index in [0.29, 0.717) is 6.04 Å². The van der Waals surface area contributed by atoms with Crippen molar-refractivity contribution >= 4 is 0 Å². The molecule has 20 heavy (non-hydrogen) atoms. The first-order valence-electron chi connectivity index (χ1n) is 7.61. The Hall–Kier alpha value is -0.930. The van der Waals surface area contributed by atoms with Crippen molar-refractivity contribution in [2.75, 3.05) is 19.6 Å². The maximum atomic E-state index is 14.0. The van der Waals surface area contributed by atoms with Crippen molar-refractivity contribution < 1.29 is 4.39 Å². The Morgan fingerprint density at radius 1 is 1.30 bits per heavy atom. The Kier molecular flexibility index (Phi) is 4.82. The van der Waals surface area contributed by atoms with E-state index in [4.69, 9.17) is 0 Å². The summed E-state index contributed by atoms with van der Waals surface area (Å²) >= 11 is 0. The number of hydrogen-bond donors (Lipinski definition) is 1. The molecule has 1 saturated heterocycles. The van der Waals surface area contributed by atoms with Crippen LogP contribution in [0.25, 0.3) is 0 Å². The van der Waals surface area contributed by atoms with Gasteiger partial charge in [-0.15, -0.1) is 0 Å². The van der Waals surface area contributed by atoms with Crippen LogP contribution in [0.2, 0.25) is 0 Å². The molecular formula is C17H27FN2. The summed E-state index contributed by atoms with van der Waals surface area (Å²) in [6.07, 6.45) is 1.12. The minimum atomic E-state index is -0.0930. The van der Waals surface area contributed by atoms with E-state index in [1.54, 1.807) is 12.1 Å². The number of nitrogens with one attached hydrogen (secondary N) is 1. The molecule has 1 aromatic rings. The zero-order chi connectivity index (χ0) is 14.8. The van der Waals surface area contributed by atoms with Crippen LogP contribution in [0.15, 0.2) is 24.3 Å². The summed E-state index contributed by atoms with van der Waals surface area (Å²) in [5, 5.41) is 3.64. The lowest BCUT2D eigenvalue weighted by atomic mass is 9.86. The van der Waals surface area contributed by atoms with Gasteiger partial charge in [0, 0.05) is 30.7 Å². The van der Waals surface area contributed by atoms with E-state index in [1.807, 2.05) is 12.1 Å². The second kappa shape index (κ2) is 6.23. The maximum Gasteiger partial charge on any atom is 0.127 e. The van der Waals surface area contributed by atoms with Gasteiger partial charge in [0.15, 0.2) is 0 Å². The summed E-state index contributed by atoms with van der Waals surface area (Å²) in [6, 6.07) is 7.72. The minimum Gasteiger partial charge on any atom is -0.312 e. The van der Waals surface area contributed by atoms with Crippen LogP contribution >= 0.6 is 0 Å². The van der Waals surface area contributed by atoms with Gasteiger partial charge in [-0.3, -0.25) is 4.90 Å². The average Bonchev–Trinajstić information content (AvgIpc) is 2.64. The van der Waals surface area contributed by atoms with E-state index < -0.39 is 0 Å². The topological polar surface area (TPSA) is 15.3 Å². The third-order valence-corrected chi connectivity index (χ3v) is 4.38. The van der Waals surface area contributed by atoms with Crippen molar-refractivity contribution in [3.63, 3.8) is 0 Å². The molecule has 2 unspecified atom stereocenters. The molecular weight excluding hydrogens is 251 g/mol. The lowest BCUT2D eigenvalue weighted by molar-refractivity contribution is 0.160. The molecule has 1 fully saturated rings. The highest BCUT2D eigenvalue weighted by molar-refractivity contribution is 5.20. The number of hydrogen-bond acceptors (Lipinski definition) is 2. The summed E-state index contributed by atoms with van der Waals surface area (Å²) < 4.78 is 14.0. The predicted molar refractivity (Wildman–Crippen MR) is 82.3 cm³/mol. The van der Waals surface area contributed by atoms with Crippen molar-refractivity contribution in [2.45, 2.75) is 46.2 Å². The Morgan fingerprint density at radius 2 is 2.00 bits per heavy atom. The van der Waals surface area contributed by atoms with Crippen molar-refractivity contribution in [2.24, 2.45) is 5.41 Å². The van der Waals surface area contributed by atoms with E-state index in [9.17, 15) is 4.39 Å². The van der Waals surface area contributed by atoms with Gasteiger partial charge in [0.1, 0.15) is 5.82 Å². The third kappa shape index (κ3) is 3.58. The van der Waals surface area contributed by atoms with Gasteiger partial charge in [0.2, 0.25) is 0 Å². The molecule has 2 rings (SSSR count). The molecule has 3 heteroatoms. The number of halogens is 1. The monoisotopic (exact) mass is 278 g/mol. The second-order valence-corrected chi connectivity index (χ2v) is 6.92. The Bertz CT molecular complexity index is 439. The van der Waals surface area contributed by atoms with Gasteiger partial charge >= 0.3 is 0 Å². The quantitative estimate of drug-likeness (QED) is 0.889. The molecule has 0 radical (unpaired) electrons. The van der Waals surface area contributed by atoms with Gasteiger partial charge in [0.05, 0.1) is 0 Å². The van der Waals surface area contributed by atoms with Gasteiger partial charge < -0.3 is 5.32 Å². The predicted octanol–water partition coefficient (Wildman–Crippen LogP) is 3.60. The molecule has 0 aromatic heterocycles. The molecule has 0 amide bonds. The lowest BCUT2D eigenvalue weighted by Gasteiger charge is -2.36. The molecule has 2 atom stereocenters. The molecule has 1 aromatic carbocycles. The second-order valence-electron chi connectivity index (χ2n) is 6.92. The van der Waals surface area contributed by atoms with E-state index in [-0.39, 0.29) is 17.3 Å². The van der Waals surface area contributed by atoms with Crippen molar-refractivity contribution in [3.05, 3.63) is 35.6 Å². The van der Waals surface area contributed by atoms with Crippen LogP contribution in [0.3, 0.4) is 0 Å². The van der Waals surface area contributed by atoms with E-state index in [0.717, 1.165) is 31.6 Å². The van der Waals surface area contributed by atoms with Gasteiger partial charge in [0.25, 0.3) is 0 Å². The first-order valence-corrected chi connectivity index (χ1v) is 7.61. The number of nitrogens with zero attached hydrogens (tertiary/aromatic N) is 1. The van der Waals surface area contributed by atoms with Crippen molar-refractivity contribution in [3.8, 4) is 0 Å². The van der Waals surface area contributed by atoms with Crippen LogP contribution in [0.1, 0.15) is 45.7 Å². The summed E-state index contributed by atoms with van der Waals surface area (Å²) in [7, 11) is 0. The van der Waals surface area contributed by atoms with Crippen LogP contribution in [-0.4, -0.2) is 30.6 Å². The Morgan fingerprint density at radius 3 is 2.65 bits per heavy atom. The highest BCUT2D eigenvalue weighted by Crippen LogP contribution is 2.28. The summed E-state index contributed by atoms with van der Waals surface area (Å²) in [5.41, 5.74) is 1.03. The van der Waals surface area contributed by atoms with Gasteiger partial charge in [-0.2, -0.15) is 0 Å². The normalized spacial score (nSPS) is 23.4. The van der Waals surface area contributed by atoms with E-state index in [2.05, 4.69) is 37.9 Å². The minimum absolute atomic E-state index is 0.0930. The highest BCUT2D eigenvalue weighted by atomic mass is 19.1. The van der Waals surface area contributed by atoms with Crippen LogP contribution in [0.5, 0.6) is 0 Å². The van der Waals surface area contributed by atoms with Crippen molar-refractivity contribution in [1.29, 1.82) is 0 Å². The standard InChI is InChI=1S/C17H27FN2/c1-13(14-8-5-6-9-15(14)18)20-11-7-10-19-16(12-20)17(2,3)4/h5-6,8-9,13,16,19H,7,10-12H2,1-4H3. The molecule has 1 N–H and O–H groups in total. The fraction of sp³-hybridized carbons (Fsp3) is 0.647. The molecule has 0 bridgehead atoms. The third-order valence-electron chi connectivity index (χ3n) is 4.38. The molecule has 0 saturated carbocycles. The number of benzene rings is 1. The molecule has 0 spiro atoms. The summed E-state index contributed by atoms with van der Waals surface area (Å²) in [4.78, 5) is 2.41. The van der Waals surface area contributed by atoms with Crippen LogP contribution in [-0.2, 0) is 0 Å². The molecule has 1 aliphatic rings. The van der Waals surface area contributed by atoms with Gasteiger partial charge in [-0.05, 0) is 31.4 Å². The largest absolute Gasteiger partial charge is 0.312 e. The SMILES string of the molecule is CC(c1ccccc1F)N1CCCNC(C(C)(C)C)C1. The Labute approximate surface area is 122 Å². The molecule has 0 aliphatic carbocycles. The first-order chi connectivity index (χ1) is 9.39. The Balaban J connectivity index is 2.16. The average molecular weight is 278 g/mol. The van der Waals surface area contributed by atoms with E-state index in [1.165, 1.54) is 0 Å². The van der Waals surface area contributed by atoms with Crippen molar-refractivity contribution in [1.82, 2.24) is 10.2 Å². The number of rotatable bonds is 2. The fourth-order valence-corrected chi connectivity index (χ4v) is 2.89.